The Morgan fingerprint density at radius 3 is 2.57 bits per heavy atom. The summed E-state index contributed by atoms with van der Waals surface area (Å²) in [6, 6.07) is 0.521. The first-order valence-corrected chi connectivity index (χ1v) is 9.01. The number of aliphatic imine (C=N–C) groups is 1. The average molecular weight is 317 g/mol. The second kappa shape index (κ2) is 6.93. The number of nitrogens with zero attached hydrogens (tertiary/aromatic N) is 3. The summed E-state index contributed by atoms with van der Waals surface area (Å²) < 4.78 is 27.7. The van der Waals surface area contributed by atoms with Crippen LogP contribution in [0.3, 0.4) is 0 Å². The van der Waals surface area contributed by atoms with Crippen LogP contribution in [0, 0.1) is 0 Å². The molecule has 1 unspecified atom stereocenters. The van der Waals surface area contributed by atoms with Crippen LogP contribution in [-0.2, 0) is 10.2 Å². The van der Waals surface area contributed by atoms with Gasteiger partial charge in [-0.3, -0.25) is 4.99 Å². The van der Waals surface area contributed by atoms with E-state index in [0.717, 1.165) is 25.2 Å². The molecule has 2 fully saturated rings. The monoisotopic (exact) mass is 317 g/mol. The van der Waals surface area contributed by atoms with E-state index in [-0.39, 0.29) is 6.04 Å². The molecule has 1 atom stereocenters. The smallest absolute Gasteiger partial charge is 0.281 e. The van der Waals surface area contributed by atoms with Gasteiger partial charge in [0.2, 0.25) is 0 Å². The van der Waals surface area contributed by atoms with Crippen LogP contribution < -0.4 is 10.6 Å². The molecule has 0 aromatic carbocycles. The van der Waals surface area contributed by atoms with Gasteiger partial charge in [-0.15, -0.1) is 0 Å². The van der Waals surface area contributed by atoms with E-state index in [1.54, 1.807) is 25.4 Å². The van der Waals surface area contributed by atoms with Crippen molar-refractivity contribution in [2.24, 2.45) is 4.99 Å². The van der Waals surface area contributed by atoms with Crippen LogP contribution in [0.5, 0.6) is 0 Å². The summed E-state index contributed by atoms with van der Waals surface area (Å²) in [6.45, 7) is 1.20. The lowest BCUT2D eigenvalue weighted by Gasteiger charge is -2.36. The van der Waals surface area contributed by atoms with Crippen LogP contribution in [-0.4, -0.2) is 69.3 Å². The third kappa shape index (κ3) is 4.31. The van der Waals surface area contributed by atoms with Gasteiger partial charge in [-0.1, -0.05) is 6.42 Å². The Morgan fingerprint density at radius 1 is 1.29 bits per heavy atom. The minimum atomic E-state index is -3.35. The number of rotatable bonds is 5. The maximum absolute atomic E-state index is 12.4. The highest BCUT2D eigenvalue weighted by Gasteiger charge is 2.33. The van der Waals surface area contributed by atoms with Crippen molar-refractivity contribution >= 4 is 16.2 Å². The summed E-state index contributed by atoms with van der Waals surface area (Å²) >= 11 is 0. The Kier molecular flexibility index (Phi) is 5.45. The molecular formula is C13H27N5O2S. The number of guanidine groups is 1. The van der Waals surface area contributed by atoms with E-state index in [1.165, 1.54) is 17.1 Å². The number of hydrogen-bond acceptors (Lipinski definition) is 3. The molecule has 7 nitrogen and oxygen atoms in total. The molecule has 2 aliphatic rings. The van der Waals surface area contributed by atoms with E-state index < -0.39 is 10.2 Å². The van der Waals surface area contributed by atoms with E-state index in [9.17, 15) is 8.42 Å². The fraction of sp³-hybridized carbons (Fsp3) is 0.923. The molecule has 0 amide bonds. The highest BCUT2D eigenvalue weighted by Crippen LogP contribution is 2.21. The van der Waals surface area contributed by atoms with Crippen molar-refractivity contribution in [3.63, 3.8) is 0 Å². The van der Waals surface area contributed by atoms with Gasteiger partial charge in [-0.05, 0) is 25.7 Å². The zero-order valence-corrected chi connectivity index (χ0v) is 14.0. The summed E-state index contributed by atoms with van der Waals surface area (Å²) in [6.07, 6.45) is 5.26. The Bertz CT molecular complexity index is 473. The van der Waals surface area contributed by atoms with Crippen LogP contribution in [0.15, 0.2) is 4.99 Å². The van der Waals surface area contributed by atoms with Gasteiger partial charge in [0.25, 0.3) is 10.2 Å². The topological polar surface area (TPSA) is 77.0 Å². The first-order valence-electron chi connectivity index (χ1n) is 7.61. The lowest BCUT2D eigenvalue weighted by atomic mass is 10.1. The Balaban J connectivity index is 1.95. The second-order valence-electron chi connectivity index (χ2n) is 5.92. The fourth-order valence-electron chi connectivity index (χ4n) is 2.52. The molecule has 1 aliphatic carbocycles. The summed E-state index contributed by atoms with van der Waals surface area (Å²) in [5.41, 5.74) is 0. The van der Waals surface area contributed by atoms with Crippen LogP contribution in [0.2, 0.25) is 0 Å². The minimum absolute atomic E-state index is 0.0103. The summed E-state index contributed by atoms with van der Waals surface area (Å²) in [4.78, 5) is 4.19. The van der Waals surface area contributed by atoms with E-state index in [1.807, 2.05) is 0 Å². The Labute approximate surface area is 128 Å². The van der Waals surface area contributed by atoms with Gasteiger partial charge in [-0.2, -0.15) is 17.0 Å². The van der Waals surface area contributed by atoms with Crippen molar-refractivity contribution in [2.75, 3.05) is 34.2 Å². The van der Waals surface area contributed by atoms with Crippen LogP contribution >= 0.6 is 0 Å². The van der Waals surface area contributed by atoms with Gasteiger partial charge in [0, 0.05) is 46.3 Å². The van der Waals surface area contributed by atoms with Crippen LogP contribution in [0.4, 0.5) is 0 Å². The Hall–Kier alpha value is -0.860. The van der Waals surface area contributed by atoms with Crippen LogP contribution in [0.25, 0.3) is 0 Å². The van der Waals surface area contributed by atoms with Gasteiger partial charge in [0.15, 0.2) is 5.96 Å². The molecule has 2 N–H and O–H groups in total. The lowest BCUT2D eigenvalue weighted by molar-refractivity contribution is 0.239. The highest BCUT2D eigenvalue weighted by atomic mass is 32.2. The van der Waals surface area contributed by atoms with Gasteiger partial charge in [-0.25, -0.2) is 0 Å². The summed E-state index contributed by atoms with van der Waals surface area (Å²) in [5.74, 6) is 0.769. The second-order valence-corrected chi connectivity index (χ2v) is 8.02. The molecule has 1 heterocycles. The average Bonchev–Trinajstić information content (AvgIpc) is 3.27. The molecule has 0 aromatic rings. The molecule has 0 radical (unpaired) electrons. The molecule has 2 rings (SSSR count). The molecule has 21 heavy (non-hydrogen) atoms. The minimum Gasteiger partial charge on any atom is -0.355 e. The zero-order chi connectivity index (χ0) is 15.5. The van der Waals surface area contributed by atoms with Crippen molar-refractivity contribution < 1.29 is 8.42 Å². The van der Waals surface area contributed by atoms with Crippen molar-refractivity contribution in [1.82, 2.24) is 19.2 Å². The fourth-order valence-corrected chi connectivity index (χ4v) is 3.86. The molecule has 0 spiro atoms. The van der Waals surface area contributed by atoms with Gasteiger partial charge >= 0.3 is 0 Å². The Morgan fingerprint density at radius 2 is 2.00 bits per heavy atom. The molecule has 0 aromatic heterocycles. The van der Waals surface area contributed by atoms with E-state index in [0.29, 0.717) is 19.1 Å². The third-order valence-electron chi connectivity index (χ3n) is 3.98. The molecule has 1 aliphatic heterocycles. The lowest BCUT2D eigenvalue weighted by Crippen LogP contribution is -2.53. The number of hydrogen-bond donors (Lipinski definition) is 2. The first-order chi connectivity index (χ1) is 9.95. The zero-order valence-electron chi connectivity index (χ0n) is 13.2. The van der Waals surface area contributed by atoms with E-state index in [4.69, 9.17) is 0 Å². The first kappa shape index (κ1) is 16.5. The van der Waals surface area contributed by atoms with Crippen molar-refractivity contribution in [3.05, 3.63) is 0 Å². The molecule has 1 saturated carbocycles. The summed E-state index contributed by atoms with van der Waals surface area (Å²) in [5, 5.41) is 6.58. The SMILES string of the molecule is CN=C(NCC1CCCCN1S(=O)(=O)N(C)C)NC1CC1. The molecular weight excluding hydrogens is 290 g/mol. The van der Waals surface area contributed by atoms with Gasteiger partial charge in [0.1, 0.15) is 0 Å². The number of piperidine rings is 1. The van der Waals surface area contributed by atoms with Gasteiger partial charge in [0.05, 0.1) is 0 Å². The standard InChI is InChI=1S/C13H27N5O2S/c1-14-13(16-11-7-8-11)15-10-12-6-4-5-9-18(12)21(19,20)17(2)3/h11-12H,4-10H2,1-3H3,(H2,14,15,16). The summed E-state index contributed by atoms with van der Waals surface area (Å²) in [7, 11) is 1.57. The normalized spacial score (nSPS) is 25.1. The van der Waals surface area contributed by atoms with Crippen LogP contribution in [0.1, 0.15) is 32.1 Å². The third-order valence-corrected chi connectivity index (χ3v) is 5.97. The maximum Gasteiger partial charge on any atom is 0.281 e. The quantitative estimate of drug-likeness (QED) is 0.552. The maximum atomic E-state index is 12.4. The molecule has 0 bridgehead atoms. The van der Waals surface area contributed by atoms with Crippen molar-refractivity contribution in [1.29, 1.82) is 0 Å². The van der Waals surface area contributed by atoms with E-state index in [2.05, 4.69) is 15.6 Å². The molecule has 122 valence electrons. The predicted molar refractivity (Wildman–Crippen MR) is 84.5 cm³/mol. The largest absolute Gasteiger partial charge is 0.355 e. The highest BCUT2D eigenvalue weighted by molar-refractivity contribution is 7.86. The van der Waals surface area contributed by atoms with Gasteiger partial charge < -0.3 is 10.6 Å². The van der Waals surface area contributed by atoms with Crippen molar-refractivity contribution in [3.8, 4) is 0 Å². The van der Waals surface area contributed by atoms with E-state index >= 15 is 0 Å². The van der Waals surface area contributed by atoms with Crippen molar-refractivity contribution in [2.45, 2.75) is 44.2 Å². The predicted octanol–water partition coefficient (Wildman–Crippen LogP) is -0.0253. The molecule has 1 saturated heterocycles. The number of nitrogens with one attached hydrogen (secondary N) is 2. The molecule has 8 heteroatoms.